The lowest BCUT2D eigenvalue weighted by atomic mass is 10.2. The van der Waals surface area contributed by atoms with Crippen molar-refractivity contribution in [3.8, 4) is 0 Å². The topological polar surface area (TPSA) is 12.0 Å². The molecule has 1 nitrogen and oxygen atoms in total. The van der Waals surface area contributed by atoms with Crippen LogP contribution in [-0.2, 0) is 6.42 Å². The summed E-state index contributed by atoms with van der Waals surface area (Å²) in [6.45, 7) is 4.48. The molecular weight excluding hydrogens is 210 g/mol. The zero-order valence-corrected chi connectivity index (χ0v) is 10.4. The average Bonchev–Trinajstić information content (AvgIpc) is 2.86. The minimum Gasteiger partial charge on any atom is -0.297 e. The molecule has 78 valence electrons. The Labute approximate surface area is 94.3 Å². The summed E-state index contributed by atoms with van der Waals surface area (Å²) in [6, 6.07) is 5.27. The van der Waals surface area contributed by atoms with Gasteiger partial charge in [-0.1, -0.05) is 13.8 Å². The van der Waals surface area contributed by atoms with Gasteiger partial charge in [0.2, 0.25) is 0 Å². The third-order valence-corrected chi connectivity index (χ3v) is 5.40. The number of thioether (sulfide) groups is 1. The molecule has 0 saturated carbocycles. The Morgan fingerprint density at radius 3 is 2.86 bits per heavy atom. The van der Waals surface area contributed by atoms with Gasteiger partial charge in [-0.3, -0.25) is 5.32 Å². The molecule has 1 aromatic heterocycles. The fourth-order valence-corrected chi connectivity index (χ4v) is 4.18. The van der Waals surface area contributed by atoms with Gasteiger partial charge in [-0.2, -0.15) is 0 Å². The minimum atomic E-state index is 0.560. The van der Waals surface area contributed by atoms with E-state index >= 15 is 0 Å². The summed E-state index contributed by atoms with van der Waals surface area (Å²) < 4.78 is 0. The van der Waals surface area contributed by atoms with Crippen LogP contribution in [-0.4, -0.2) is 11.8 Å². The van der Waals surface area contributed by atoms with Crippen molar-refractivity contribution >= 4 is 23.1 Å². The molecule has 2 unspecified atom stereocenters. The van der Waals surface area contributed by atoms with Crippen LogP contribution in [0.3, 0.4) is 0 Å². The van der Waals surface area contributed by atoms with Crippen LogP contribution in [0.2, 0.25) is 0 Å². The van der Waals surface area contributed by atoms with Crippen LogP contribution in [0.5, 0.6) is 0 Å². The smallest absolute Gasteiger partial charge is 0.0885 e. The van der Waals surface area contributed by atoms with E-state index in [1.165, 1.54) is 28.3 Å². The van der Waals surface area contributed by atoms with Crippen molar-refractivity contribution in [2.24, 2.45) is 0 Å². The highest BCUT2D eigenvalue weighted by atomic mass is 32.2. The van der Waals surface area contributed by atoms with Crippen molar-refractivity contribution in [1.29, 1.82) is 0 Å². The van der Waals surface area contributed by atoms with Crippen LogP contribution < -0.4 is 5.32 Å². The van der Waals surface area contributed by atoms with Gasteiger partial charge in [0, 0.05) is 21.5 Å². The van der Waals surface area contributed by atoms with Gasteiger partial charge in [0.15, 0.2) is 0 Å². The Kier molecular flexibility index (Phi) is 3.52. The van der Waals surface area contributed by atoms with Gasteiger partial charge in [0.05, 0.1) is 5.37 Å². The lowest BCUT2D eigenvalue weighted by Crippen LogP contribution is -2.24. The lowest BCUT2D eigenvalue weighted by Gasteiger charge is -2.09. The normalized spacial score (nSPS) is 27.0. The molecular formula is C11H17NS2. The van der Waals surface area contributed by atoms with Gasteiger partial charge in [-0.05, 0) is 25.0 Å². The van der Waals surface area contributed by atoms with E-state index in [4.69, 9.17) is 0 Å². The Morgan fingerprint density at radius 2 is 2.29 bits per heavy atom. The first-order chi connectivity index (χ1) is 6.83. The third-order valence-electron chi connectivity index (χ3n) is 2.63. The maximum atomic E-state index is 3.67. The summed E-state index contributed by atoms with van der Waals surface area (Å²) in [5, 5.41) is 4.23. The average molecular weight is 227 g/mol. The summed E-state index contributed by atoms with van der Waals surface area (Å²) in [5.41, 5.74) is 0. The van der Waals surface area contributed by atoms with Crippen LogP contribution in [0.4, 0.5) is 0 Å². The maximum Gasteiger partial charge on any atom is 0.0885 e. The van der Waals surface area contributed by atoms with Gasteiger partial charge in [0.1, 0.15) is 0 Å². The zero-order chi connectivity index (χ0) is 9.97. The first-order valence-electron chi connectivity index (χ1n) is 5.29. The van der Waals surface area contributed by atoms with Crippen LogP contribution in [0.1, 0.15) is 35.4 Å². The molecule has 0 aliphatic carbocycles. The fraction of sp³-hybridized carbons (Fsp3) is 0.636. The number of rotatable bonds is 3. The summed E-state index contributed by atoms with van der Waals surface area (Å²) in [7, 11) is 0. The number of nitrogens with one attached hydrogen (secondary N) is 1. The number of thiophene rings is 1. The van der Waals surface area contributed by atoms with Gasteiger partial charge in [-0.15, -0.1) is 23.1 Å². The molecule has 0 spiro atoms. The van der Waals surface area contributed by atoms with Crippen molar-refractivity contribution < 1.29 is 0 Å². The highest BCUT2D eigenvalue weighted by Crippen LogP contribution is 2.37. The predicted octanol–water partition coefficient (Wildman–Crippen LogP) is 3.42. The molecule has 1 aromatic rings. The molecule has 14 heavy (non-hydrogen) atoms. The molecule has 2 rings (SSSR count). The number of hydrogen-bond acceptors (Lipinski definition) is 3. The lowest BCUT2D eigenvalue weighted by molar-refractivity contribution is 0.564. The van der Waals surface area contributed by atoms with Crippen molar-refractivity contribution in [1.82, 2.24) is 5.32 Å². The van der Waals surface area contributed by atoms with Gasteiger partial charge < -0.3 is 0 Å². The number of hydrogen-bond donors (Lipinski definition) is 1. The standard InChI is InChI=1S/C11H17NS2/c1-3-8-7-13-11(12-8)10-6-5-9(4-2)14-10/h5-6,8,11-12H,3-4,7H2,1-2H3. The molecule has 1 saturated heterocycles. The molecule has 1 fully saturated rings. The van der Waals surface area contributed by atoms with Crippen LogP contribution in [0, 0.1) is 0 Å². The van der Waals surface area contributed by atoms with Gasteiger partial charge >= 0.3 is 0 Å². The molecule has 1 aliphatic rings. The van der Waals surface area contributed by atoms with E-state index in [0.29, 0.717) is 5.37 Å². The Balaban J connectivity index is 2.02. The monoisotopic (exact) mass is 227 g/mol. The van der Waals surface area contributed by atoms with E-state index in [-0.39, 0.29) is 0 Å². The molecule has 1 N–H and O–H groups in total. The highest BCUT2D eigenvalue weighted by Gasteiger charge is 2.24. The third kappa shape index (κ3) is 2.15. The molecule has 0 aromatic carbocycles. The summed E-state index contributed by atoms with van der Waals surface area (Å²) >= 11 is 4.01. The van der Waals surface area contributed by atoms with Gasteiger partial charge in [-0.25, -0.2) is 0 Å². The van der Waals surface area contributed by atoms with E-state index in [1.54, 1.807) is 0 Å². The van der Waals surface area contributed by atoms with Crippen LogP contribution >= 0.6 is 23.1 Å². The minimum absolute atomic E-state index is 0.560. The summed E-state index contributed by atoms with van der Waals surface area (Å²) in [5.74, 6) is 1.26. The Morgan fingerprint density at radius 1 is 1.43 bits per heavy atom. The SMILES string of the molecule is CCc1ccc(C2NC(CC)CS2)s1. The second kappa shape index (κ2) is 4.69. The highest BCUT2D eigenvalue weighted by molar-refractivity contribution is 7.99. The van der Waals surface area contributed by atoms with Crippen molar-refractivity contribution in [3.63, 3.8) is 0 Å². The van der Waals surface area contributed by atoms with Crippen molar-refractivity contribution in [2.45, 2.75) is 38.1 Å². The first kappa shape index (κ1) is 10.5. The second-order valence-corrected chi connectivity index (χ2v) is 5.98. The van der Waals surface area contributed by atoms with Crippen LogP contribution in [0.15, 0.2) is 12.1 Å². The quantitative estimate of drug-likeness (QED) is 0.849. The van der Waals surface area contributed by atoms with E-state index in [1.807, 2.05) is 11.3 Å². The molecule has 2 heterocycles. The van der Waals surface area contributed by atoms with Crippen molar-refractivity contribution in [3.05, 3.63) is 21.9 Å². The van der Waals surface area contributed by atoms with E-state index in [2.05, 4.69) is 43.1 Å². The second-order valence-electron chi connectivity index (χ2n) is 3.64. The molecule has 0 radical (unpaired) electrons. The van der Waals surface area contributed by atoms with Crippen LogP contribution in [0.25, 0.3) is 0 Å². The molecule has 2 atom stereocenters. The van der Waals surface area contributed by atoms with Crippen molar-refractivity contribution in [2.75, 3.05) is 5.75 Å². The molecule has 0 bridgehead atoms. The van der Waals surface area contributed by atoms with Gasteiger partial charge in [0.25, 0.3) is 0 Å². The molecule has 3 heteroatoms. The Hall–Kier alpha value is 0.01000. The molecule has 0 amide bonds. The number of aryl methyl sites for hydroxylation is 1. The zero-order valence-electron chi connectivity index (χ0n) is 8.75. The summed E-state index contributed by atoms with van der Waals surface area (Å²) in [4.78, 5) is 3.00. The fourth-order valence-electron chi connectivity index (χ4n) is 1.65. The largest absolute Gasteiger partial charge is 0.297 e. The van der Waals surface area contributed by atoms with E-state index in [0.717, 1.165) is 6.04 Å². The maximum absolute atomic E-state index is 3.67. The first-order valence-corrected chi connectivity index (χ1v) is 7.16. The summed E-state index contributed by atoms with van der Waals surface area (Å²) in [6.07, 6.45) is 2.41. The van der Waals surface area contributed by atoms with E-state index < -0.39 is 0 Å². The molecule has 1 aliphatic heterocycles. The Bertz CT molecular complexity index is 295. The predicted molar refractivity (Wildman–Crippen MR) is 66.1 cm³/mol. The van der Waals surface area contributed by atoms with E-state index in [9.17, 15) is 0 Å².